The van der Waals surface area contributed by atoms with Gasteiger partial charge in [-0.3, -0.25) is 4.79 Å². The summed E-state index contributed by atoms with van der Waals surface area (Å²) in [6, 6.07) is 6.41. The molecular weight excluding hydrogens is 194 g/mol. The van der Waals surface area contributed by atoms with Crippen LogP contribution >= 0.6 is 0 Å². The number of hydrogen-bond acceptors (Lipinski definition) is 3. The highest BCUT2D eigenvalue weighted by molar-refractivity contribution is 5.76. The predicted molar refractivity (Wildman–Crippen MR) is 57.0 cm³/mol. The lowest BCUT2D eigenvalue weighted by Crippen LogP contribution is -2.25. The number of para-hydroxylation sites is 1. The maximum atomic E-state index is 11.0. The van der Waals surface area contributed by atoms with Crippen molar-refractivity contribution >= 4 is 5.97 Å². The van der Waals surface area contributed by atoms with Crippen LogP contribution in [0.2, 0.25) is 0 Å². The van der Waals surface area contributed by atoms with Gasteiger partial charge < -0.3 is 15.2 Å². The minimum atomic E-state index is -0.912. The Kier molecular flexibility index (Phi) is 4.12. The van der Waals surface area contributed by atoms with Crippen molar-refractivity contribution in [3.63, 3.8) is 0 Å². The molecule has 0 fully saturated rings. The maximum Gasteiger partial charge on any atom is 0.325 e. The lowest BCUT2D eigenvalue weighted by atomic mass is 10.1. The largest absolute Gasteiger partial charge is 0.494 e. The molecule has 1 aromatic carbocycles. The lowest BCUT2D eigenvalue weighted by molar-refractivity contribution is -0.139. The van der Waals surface area contributed by atoms with Gasteiger partial charge in [-0.15, -0.1) is 0 Å². The Morgan fingerprint density at radius 3 is 2.73 bits per heavy atom. The molecule has 0 heterocycles. The number of benzene rings is 1. The molecule has 0 aliphatic carbocycles. The van der Waals surface area contributed by atoms with Crippen molar-refractivity contribution in [2.45, 2.75) is 13.0 Å². The second kappa shape index (κ2) is 5.36. The van der Waals surface area contributed by atoms with E-state index in [1.807, 2.05) is 13.0 Å². The fourth-order valence-electron chi connectivity index (χ4n) is 1.42. The van der Waals surface area contributed by atoms with E-state index in [4.69, 9.17) is 9.84 Å². The zero-order chi connectivity index (χ0) is 11.3. The number of ether oxygens (including phenoxy) is 1. The molecule has 1 atom stereocenters. The molecule has 82 valence electrons. The van der Waals surface area contributed by atoms with E-state index in [1.54, 1.807) is 25.2 Å². The Bertz CT molecular complexity index is 338. The number of carbonyl (C=O) groups is 1. The van der Waals surface area contributed by atoms with Gasteiger partial charge in [-0.2, -0.15) is 0 Å². The Balaban J connectivity index is 3.04. The van der Waals surface area contributed by atoms with Crippen LogP contribution in [0.5, 0.6) is 5.75 Å². The molecule has 1 rings (SSSR count). The number of aliphatic carboxylic acids is 1. The Hall–Kier alpha value is -1.55. The summed E-state index contributed by atoms with van der Waals surface area (Å²) in [5.74, 6) is -0.300. The summed E-state index contributed by atoms with van der Waals surface area (Å²) in [7, 11) is 1.61. The zero-order valence-corrected chi connectivity index (χ0v) is 8.86. The van der Waals surface area contributed by atoms with Gasteiger partial charge in [0.2, 0.25) is 0 Å². The third-order valence-corrected chi connectivity index (χ3v) is 2.07. The molecule has 0 saturated heterocycles. The van der Waals surface area contributed by atoms with Gasteiger partial charge >= 0.3 is 5.97 Å². The van der Waals surface area contributed by atoms with E-state index in [1.165, 1.54) is 0 Å². The Morgan fingerprint density at radius 1 is 1.53 bits per heavy atom. The molecule has 0 aromatic heterocycles. The first-order valence-corrected chi connectivity index (χ1v) is 4.82. The third kappa shape index (κ3) is 2.70. The number of rotatable bonds is 5. The van der Waals surface area contributed by atoms with Crippen molar-refractivity contribution in [3.05, 3.63) is 29.8 Å². The fraction of sp³-hybridized carbons (Fsp3) is 0.364. The summed E-state index contributed by atoms with van der Waals surface area (Å²) < 4.78 is 5.37. The molecule has 0 aliphatic heterocycles. The zero-order valence-electron chi connectivity index (χ0n) is 8.86. The molecule has 15 heavy (non-hydrogen) atoms. The first-order valence-electron chi connectivity index (χ1n) is 4.82. The second-order valence-electron chi connectivity index (χ2n) is 3.03. The fourth-order valence-corrected chi connectivity index (χ4v) is 1.42. The summed E-state index contributed by atoms with van der Waals surface area (Å²) in [6.07, 6.45) is 0. The molecule has 0 amide bonds. The molecule has 0 saturated carbocycles. The minimum Gasteiger partial charge on any atom is -0.494 e. The highest BCUT2D eigenvalue weighted by atomic mass is 16.5. The van der Waals surface area contributed by atoms with Crippen LogP contribution in [0.15, 0.2) is 24.3 Å². The molecule has 0 spiro atoms. The molecule has 0 radical (unpaired) electrons. The van der Waals surface area contributed by atoms with Crippen molar-refractivity contribution in [3.8, 4) is 5.75 Å². The minimum absolute atomic E-state index is 0.521. The smallest absolute Gasteiger partial charge is 0.325 e. The third-order valence-electron chi connectivity index (χ3n) is 2.07. The van der Waals surface area contributed by atoms with E-state index in [0.717, 1.165) is 0 Å². The van der Waals surface area contributed by atoms with Crippen LogP contribution in [0.3, 0.4) is 0 Å². The average Bonchev–Trinajstić information content (AvgIpc) is 2.21. The van der Waals surface area contributed by atoms with Crippen LogP contribution in [0.4, 0.5) is 0 Å². The molecule has 4 heteroatoms. The van der Waals surface area contributed by atoms with Crippen LogP contribution in [0, 0.1) is 0 Å². The Labute approximate surface area is 88.9 Å². The van der Waals surface area contributed by atoms with E-state index in [0.29, 0.717) is 17.9 Å². The van der Waals surface area contributed by atoms with E-state index >= 15 is 0 Å². The van der Waals surface area contributed by atoms with Gasteiger partial charge in [0.05, 0.1) is 6.61 Å². The summed E-state index contributed by atoms with van der Waals surface area (Å²) in [5, 5.41) is 11.7. The standard InChI is InChI=1S/C11H15NO3/c1-3-15-9-7-5-4-6-8(9)10(12-2)11(13)14/h4-7,10,12H,3H2,1-2H3,(H,13,14). The maximum absolute atomic E-state index is 11.0. The molecule has 0 bridgehead atoms. The summed E-state index contributed by atoms with van der Waals surface area (Å²) in [4.78, 5) is 11.0. The number of carboxylic acid groups (broad SMARTS) is 1. The van der Waals surface area contributed by atoms with Crippen LogP contribution in [0.25, 0.3) is 0 Å². The van der Waals surface area contributed by atoms with Crippen molar-refractivity contribution < 1.29 is 14.6 Å². The van der Waals surface area contributed by atoms with E-state index in [9.17, 15) is 4.79 Å². The van der Waals surface area contributed by atoms with Gasteiger partial charge in [-0.05, 0) is 20.0 Å². The summed E-state index contributed by atoms with van der Waals surface area (Å²) in [6.45, 7) is 2.39. The number of carboxylic acids is 1. The van der Waals surface area contributed by atoms with Gasteiger partial charge in [0.15, 0.2) is 0 Å². The van der Waals surface area contributed by atoms with Crippen molar-refractivity contribution in [1.29, 1.82) is 0 Å². The molecule has 2 N–H and O–H groups in total. The summed E-state index contributed by atoms with van der Waals surface area (Å²) >= 11 is 0. The molecule has 4 nitrogen and oxygen atoms in total. The normalized spacial score (nSPS) is 12.1. The van der Waals surface area contributed by atoms with E-state index < -0.39 is 12.0 Å². The van der Waals surface area contributed by atoms with Crippen molar-refractivity contribution in [2.24, 2.45) is 0 Å². The van der Waals surface area contributed by atoms with Crippen molar-refractivity contribution in [2.75, 3.05) is 13.7 Å². The van der Waals surface area contributed by atoms with E-state index in [2.05, 4.69) is 5.32 Å². The number of nitrogens with one attached hydrogen (secondary N) is 1. The van der Waals surface area contributed by atoms with Crippen LogP contribution in [0.1, 0.15) is 18.5 Å². The topological polar surface area (TPSA) is 58.6 Å². The van der Waals surface area contributed by atoms with Gasteiger partial charge in [0.1, 0.15) is 11.8 Å². The number of hydrogen-bond donors (Lipinski definition) is 2. The average molecular weight is 209 g/mol. The van der Waals surface area contributed by atoms with Gasteiger partial charge in [-0.1, -0.05) is 18.2 Å². The second-order valence-corrected chi connectivity index (χ2v) is 3.03. The highest BCUT2D eigenvalue weighted by Gasteiger charge is 2.20. The Morgan fingerprint density at radius 2 is 2.20 bits per heavy atom. The molecular formula is C11H15NO3. The van der Waals surface area contributed by atoms with Crippen LogP contribution in [-0.4, -0.2) is 24.7 Å². The van der Waals surface area contributed by atoms with Gasteiger partial charge in [-0.25, -0.2) is 0 Å². The van der Waals surface area contributed by atoms with Crippen LogP contribution < -0.4 is 10.1 Å². The van der Waals surface area contributed by atoms with Gasteiger partial charge in [0, 0.05) is 5.56 Å². The number of likely N-dealkylation sites (N-methyl/N-ethyl adjacent to an activating group) is 1. The quantitative estimate of drug-likeness (QED) is 0.770. The van der Waals surface area contributed by atoms with E-state index in [-0.39, 0.29) is 0 Å². The monoisotopic (exact) mass is 209 g/mol. The first-order chi connectivity index (χ1) is 7.20. The van der Waals surface area contributed by atoms with Gasteiger partial charge in [0.25, 0.3) is 0 Å². The lowest BCUT2D eigenvalue weighted by Gasteiger charge is -2.15. The van der Waals surface area contributed by atoms with Crippen molar-refractivity contribution in [1.82, 2.24) is 5.32 Å². The SMILES string of the molecule is CCOc1ccccc1C(NC)C(=O)O. The molecule has 1 aromatic rings. The molecule has 1 unspecified atom stereocenters. The molecule has 0 aliphatic rings. The first kappa shape index (κ1) is 11.5. The highest BCUT2D eigenvalue weighted by Crippen LogP contribution is 2.24. The predicted octanol–water partition coefficient (Wildman–Crippen LogP) is 1.43. The summed E-state index contributed by atoms with van der Waals surface area (Å²) in [5.41, 5.74) is 0.648. The van der Waals surface area contributed by atoms with Crippen LogP contribution in [-0.2, 0) is 4.79 Å².